The smallest absolute Gasteiger partial charge is 0.169 e. The number of para-hydroxylation sites is 10. The highest BCUT2D eigenvalue weighted by Gasteiger charge is 2.30. The lowest BCUT2D eigenvalue weighted by Gasteiger charge is -2.40. The molecule has 0 saturated heterocycles. The maximum Gasteiger partial charge on any atom is 0.169 e. The van der Waals surface area contributed by atoms with E-state index in [1.165, 1.54) is 68.0 Å². The molecule has 0 amide bonds. The Morgan fingerprint density at radius 1 is 0.295 bits per heavy atom. The molecule has 302 valence electrons. The topological polar surface area (TPSA) is 20.7 Å². The summed E-state index contributed by atoms with van der Waals surface area (Å²) in [6.45, 7) is 3.91. The number of aryl methyl sites for hydroxylation is 2. The van der Waals surface area contributed by atoms with Gasteiger partial charge in [-0.25, -0.2) is 9.13 Å². The Hall–Kier alpha value is -7.18. The van der Waals surface area contributed by atoms with E-state index in [4.69, 9.17) is 0 Å². The fourth-order valence-electron chi connectivity index (χ4n) is 8.96. The quantitative estimate of drug-likeness (QED) is 0.0855. The molecule has 0 saturated carbocycles. The molecule has 0 bridgehead atoms. The van der Waals surface area contributed by atoms with E-state index in [2.05, 4.69) is 236 Å². The molecule has 8 aromatic rings. The van der Waals surface area contributed by atoms with Crippen LogP contribution in [0.2, 0.25) is 0 Å². The Kier molecular flexibility index (Phi) is 11.6. The van der Waals surface area contributed by atoms with Gasteiger partial charge >= 0.3 is 0 Å². The second kappa shape index (κ2) is 18.0. The molecule has 6 heteroatoms. The number of hydrogen-bond acceptors (Lipinski definition) is 4. The van der Waals surface area contributed by atoms with E-state index >= 15 is 0 Å². The molecule has 0 fully saturated rings. The first-order chi connectivity index (χ1) is 29.8. The van der Waals surface area contributed by atoms with Crippen molar-refractivity contribution in [2.45, 2.75) is 46.2 Å². The van der Waals surface area contributed by atoms with Crippen LogP contribution in [-0.4, -0.2) is 13.1 Å². The van der Waals surface area contributed by atoms with Crippen LogP contribution in [0.1, 0.15) is 33.1 Å². The van der Waals surface area contributed by atoms with Crippen LogP contribution < -0.4 is 28.7 Å². The van der Waals surface area contributed by atoms with E-state index in [1.807, 2.05) is 0 Å². The van der Waals surface area contributed by atoms with Crippen LogP contribution in [0.25, 0.3) is 11.1 Å². The third-order valence-electron chi connectivity index (χ3n) is 11.9. The first kappa shape index (κ1) is 39.3. The number of hydrogen-bond donors (Lipinski definition) is 0. The summed E-state index contributed by atoms with van der Waals surface area (Å²) in [7, 11) is 0. The molecule has 6 aromatic carbocycles. The van der Waals surface area contributed by atoms with E-state index in [-0.39, 0.29) is 7.43 Å². The Morgan fingerprint density at radius 3 is 0.885 bits per heavy atom. The molecule has 10 rings (SSSR count). The number of benzene rings is 6. The second-order valence-electron chi connectivity index (χ2n) is 15.7. The van der Waals surface area contributed by atoms with Crippen LogP contribution in [0, 0.1) is 0 Å². The van der Waals surface area contributed by atoms with Gasteiger partial charge in [-0.2, -0.15) is 0 Å². The summed E-state index contributed by atoms with van der Waals surface area (Å²) in [6.07, 6.45) is 13.3. The van der Waals surface area contributed by atoms with Crippen LogP contribution in [0.15, 0.2) is 207 Å². The number of fused-ring (bicyclic) bond motifs is 4. The summed E-state index contributed by atoms with van der Waals surface area (Å²) in [5, 5.41) is 0. The Labute approximate surface area is 361 Å². The van der Waals surface area contributed by atoms with Crippen molar-refractivity contribution in [2.75, 3.05) is 32.7 Å². The zero-order valence-electron chi connectivity index (χ0n) is 34.0. The van der Waals surface area contributed by atoms with Crippen molar-refractivity contribution < 1.29 is 9.13 Å². The Morgan fingerprint density at radius 2 is 0.574 bits per heavy atom. The van der Waals surface area contributed by atoms with E-state index in [0.29, 0.717) is 0 Å². The van der Waals surface area contributed by atoms with Gasteiger partial charge in [-0.15, -0.1) is 0 Å². The summed E-state index contributed by atoms with van der Waals surface area (Å²) in [5.74, 6) is 0. The zero-order valence-corrected chi connectivity index (χ0v) is 34.0. The van der Waals surface area contributed by atoms with Gasteiger partial charge in [0.2, 0.25) is 0 Å². The van der Waals surface area contributed by atoms with Crippen molar-refractivity contribution >= 4 is 56.9 Å². The van der Waals surface area contributed by atoms with Gasteiger partial charge in [0.25, 0.3) is 0 Å². The lowest BCUT2D eigenvalue weighted by molar-refractivity contribution is -0.697. The standard InChI is InChI=1S/C54H50N6.CH4/c1-3-19-45(20-4-1)59-51-27-11-7-23-47(51)57(48-24-8-12-28-52(48)59)37-17-15-35-55-39-31-43(32-40-55)44-33-41-56(42-34-44)36-16-18-38-58-49-25-9-13-29-53(49)60(46-21-5-2-6-22-46)54-30-14-10-26-50(54)58;/h1-14,19-34,39-42H,15-18,35-38H2;1H4/q+2;. The molecule has 0 aliphatic carbocycles. The van der Waals surface area contributed by atoms with Gasteiger partial charge in [0.15, 0.2) is 24.8 Å². The van der Waals surface area contributed by atoms with Gasteiger partial charge in [0.05, 0.1) is 45.5 Å². The van der Waals surface area contributed by atoms with E-state index in [0.717, 1.165) is 51.9 Å². The fourth-order valence-corrected chi connectivity index (χ4v) is 8.96. The van der Waals surface area contributed by atoms with Crippen LogP contribution in [0.5, 0.6) is 0 Å². The van der Waals surface area contributed by atoms with Crippen LogP contribution in [-0.2, 0) is 13.1 Å². The molecule has 2 aliphatic heterocycles. The van der Waals surface area contributed by atoms with Crippen molar-refractivity contribution in [3.05, 3.63) is 207 Å². The van der Waals surface area contributed by atoms with Gasteiger partial charge in [0, 0.05) is 61.6 Å². The van der Waals surface area contributed by atoms with Crippen molar-refractivity contribution in [1.82, 2.24) is 0 Å². The SMILES string of the molecule is C.c1ccc(N2c3ccccc3N(CCCC[n+]3ccc(-c4cc[n+](CCCCN5c6ccccc6N(c6ccccc6)c6ccccc65)cc4)cc3)c3ccccc32)cc1. The number of aromatic nitrogens is 2. The summed E-state index contributed by atoms with van der Waals surface area (Å²) in [5.41, 5.74) is 14.8. The van der Waals surface area contributed by atoms with Crippen LogP contribution >= 0.6 is 0 Å². The van der Waals surface area contributed by atoms with Gasteiger partial charge in [-0.05, 0) is 96.8 Å². The fraction of sp³-hybridized carbons (Fsp3) is 0.164. The van der Waals surface area contributed by atoms with Crippen molar-refractivity contribution in [3.8, 4) is 11.1 Å². The Balaban J connectivity index is 0.00000476. The molecule has 6 nitrogen and oxygen atoms in total. The average Bonchev–Trinajstić information content (AvgIpc) is 3.32. The number of rotatable bonds is 13. The first-order valence-corrected chi connectivity index (χ1v) is 21.4. The van der Waals surface area contributed by atoms with Gasteiger partial charge in [0.1, 0.15) is 13.1 Å². The highest BCUT2D eigenvalue weighted by atomic mass is 15.3. The summed E-state index contributed by atoms with van der Waals surface area (Å²) in [6, 6.07) is 65.6. The highest BCUT2D eigenvalue weighted by Crippen LogP contribution is 2.52. The first-order valence-electron chi connectivity index (χ1n) is 21.4. The van der Waals surface area contributed by atoms with Crippen molar-refractivity contribution in [3.63, 3.8) is 0 Å². The van der Waals surface area contributed by atoms with Gasteiger partial charge < -0.3 is 19.6 Å². The zero-order chi connectivity index (χ0) is 40.1. The van der Waals surface area contributed by atoms with Crippen LogP contribution in [0.4, 0.5) is 56.9 Å². The monoisotopic (exact) mass is 798 g/mol. The molecule has 2 aliphatic rings. The van der Waals surface area contributed by atoms with Gasteiger partial charge in [-0.3, -0.25) is 0 Å². The molecule has 2 aromatic heterocycles. The maximum atomic E-state index is 2.51. The minimum Gasteiger partial charge on any atom is -0.338 e. The molecule has 0 atom stereocenters. The predicted octanol–water partition coefficient (Wildman–Crippen LogP) is 13.4. The average molecular weight is 799 g/mol. The van der Waals surface area contributed by atoms with E-state index in [9.17, 15) is 0 Å². The highest BCUT2D eigenvalue weighted by molar-refractivity contribution is 5.99. The lowest BCUT2D eigenvalue weighted by Crippen LogP contribution is -2.34. The third-order valence-corrected chi connectivity index (χ3v) is 11.9. The lowest BCUT2D eigenvalue weighted by atomic mass is 10.1. The molecule has 0 unspecified atom stereocenters. The Bertz CT molecular complexity index is 2400. The molecule has 0 spiro atoms. The predicted molar refractivity (Wildman–Crippen MR) is 254 cm³/mol. The maximum absolute atomic E-state index is 2.51. The van der Waals surface area contributed by atoms with E-state index < -0.39 is 0 Å². The van der Waals surface area contributed by atoms with E-state index in [1.54, 1.807) is 0 Å². The number of pyridine rings is 2. The van der Waals surface area contributed by atoms with Crippen molar-refractivity contribution in [2.24, 2.45) is 0 Å². The summed E-state index contributed by atoms with van der Waals surface area (Å²) in [4.78, 5) is 9.79. The number of nitrogens with zero attached hydrogens (tertiary/aromatic N) is 6. The minimum atomic E-state index is 0. The molecular weight excluding hydrogens is 745 g/mol. The largest absolute Gasteiger partial charge is 0.338 e. The molecular formula is C55H54N6+2. The normalized spacial score (nSPS) is 12.5. The molecule has 0 radical (unpaired) electrons. The summed E-state index contributed by atoms with van der Waals surface area (Å²) < 4.78 is 4.64. The molecule has 0 N–H and O–H groups in total. The van der Waals surface area contributed by atoms with Crippen molar-refractivity contribution in [1.29, 1.82) is 0 Å². The summed E-state index contributed by atoms with van der Waals surface area (Å²) >= 11 is 0. The molecule has 61 heavy (non-hydrogen) atoms. The molecule has 4 heterocycles. The number of unbranched alkanes of at least 4 members (excludes halogenated alkanes) is 2. The number of anilines is 10. The second-order valence-corrected chi connectivity index (χ2v) is 15.7. The van der Waals surface area contributed by atoms with Crippen LogP contribution in [0.3, 0.4) is 0 Å². The van der Waals surface area contributed by atoms with Gasteiger partial charge in [-0.1, -0.05) is 92.4 Å². The third kappa shape index (κ3) is 7.97. The minimum absolute atomic E-state index is 0.